The summed E-state index contributed by atoms with van der Waals surface area (Å²) < 4.78 is 27.5. The molecule has 2 N–H and O–H groups in total. The van der Waals surface area contributed by atoms with Gasteiger partial charge in [-0.2, -0.15) is 0 Å². The number of aromatic amines is 1. The van der Waals surface area contributed by atoms with Gasteiger partial charge in [0, 0.05) is 49.5 Å². The maximum absolute atomic E-state index is 14.0. The summed E-state index contributed by atoms with van der Waals surface area (Å²) in [6.07, 6.45) is 2.32. The van der Waals surface area contributed by atoms with Crippen molar-refractivity contribution in [3.8, 4) is 16.9 Å². The van der Waals surface area contributed by atoms with E-state index in [-0.39, 0.29) is 23.4 Å². The Kier molecular flexibility index (Phi) is 7.60. The molecular formula is C27H29F2N3O3. The lowest BCUT2D eigenvalue weighted by molar-refractivity contribution is 0.0622. The third kappa shape index (κ3) is 5.27. The van der Waals surface area contributed by atoms with Gasteiger partial charge in [0.2, 0.25) is 0 Å². The quantitative estimate of drug-likeness (QED) is 0.527. The number of hydrogen-bond acceptors (Lipinski definition) is 4. The number of amides is 1. The van der Waals surface area contributed by atoms with E-state index >= 15 is 0 Å². The fourth-order valence-electron chi connectivity index (χ4n) is 4.47. The number of aromatic hydroxyl groups is 1. The van der Waals surface area contributed by atoms with Crippen molar-refractivity contribution in [1.82, 2.24) is 14.8 Å². The van der Waals surface area contributed by atoms with E-state index in [1.165, 1.54) is 11.0 Å². The predicted molar refractivity (Wildman–Crippen MR) is 130 cm³/mol. The van der Waals surface area contributed by atoms with Crippen LogP contribution in [-0.4, -0.2) is 52.0 Å². The zero-order chi connectivity index (χ0) is 24.9. The number of nitrogens with zero attached hydrogens (tertiary/aromatic N) is 2. The molecule has 1 saturated heterocycles. The molecule has 0 saturated carbocycles. The maximum atomic E-state index is 14.0. The Bertz CT molecular complexity index is 1250. The first-order chi connectivity index (χ1) is 16.9. The average molecular weight is 482 g/mol. The standard InChI is InChI=1S/C27H29F2N3O3/c1-2-3-12-21-22(18-8-5-4-6-9-18)25(33)23(26(34)30-21)27(35)32-15-13-31(14-16-32)17-19-10-7-11-20(28)24(19)29/h4-11H,2-3,12-17H2,1H3,(H2,30,33,34). The van der Waals surface area contributed by atoms with Crippen molar-refractivity contribution < 1.29 is 18.7 Å². The van der Waals surface area contributed by atoms with Crippen molar-refractivity contribution >= 4 is 5.91 Å². The van der Waals surface area contributed by atoms with E-state index in [0.29, 0.717) is 43.9 Å². The van der Waals surface area contributed by atoms with Crippen molar-refractivity contribution in [3.63, 3.8) is 0 Å². The van der Waals surface area contributed by atoms with Crippen LogP contribution < -0.4 is 5.56 Å². The van der Waals surface area contributed by atoms with Gasteiger partial charge in [0.05, 0.1) is 0 Å². The number of H-pyrrole nitrogens is 1. The van der Waals surface area contributed by atoms with E-state index in [0.717, 1.165) is 24.5 Å². The Balaban J connectivity index is 1.56. The number of nitrogens with one attached hydrogen (secondary N) is 1. The van der Waals surface area contributed by atoms with Gasteiger partial charge in [0.15, 0.2) is 11.6 Å². The minimum atomic E-state index is -0.886. The van der Waals surface area contributed by atoms with Gasteiger partial charge in [-0.1, -0.05) is 55.8 Å². The first kappa shape index (κ1) is 24.6. The minimum Gasteiger partial charge on any atom is -0.506 e. The lowest BCUT2D eigenvalue weighted by Crippen LogP contribution is -2.49. The number of piperazine rings is 1. The molecule has 2 aromatic carbocycles. The summed E-state index contributed by atoms with van der Waals surface area (Å²) in [5, 5.41) is 11.2. The first-order valence-electron chi connectivity index (χ1n) is 11.9. The first-order valence-corrected chi connectivity index (χ1v) is 11.9. The van der Waals surface area contributed by atoms with Crippen LogP contribution >= 0.6 is 0 Å². The second-order valence-corrected chi connectivity index (χ2v) is 8.78. The highest BCUT2D eigenvalue weighted by molar-refractivity contribution is 5.99. The molecule has 0 radical (unpaired) electrons. The summed E-state index contributed by atoms with van der Waals surface area (Å²) in [5.41, 5.74) is 1.19. The zero-order valence-corrected chi connectivity index (χ0v) is 19.7. The van der Waals surface area contributed by atoms with Crippen LogP contribution in [0.25, 0.3) is 11.1 Å². The van der Waals surface area contributed by atoms with E-state index < -0.39 is 23.1 Å². The molecule has 1 aliphatic rings. The van der Waals surface area contributed by atoms with Crippen molar-refractivity contribution in [3.05, 3.63) is 87.3 Å². The molecule has 1 amide bonds. The van der Waals surface area contributed by atoms with Crippen molar-refractivity contribution in [2.24, 2.45) is 0 Å². The molecule has 3 aromatic rings. The molecular weight excluding hydrogens is 452 g/mol. The predicted octanol–water partition coefficient (Wildman–Crippen LogP) is 4.33. The molecule has 184 valence electrons. The number of carbonyl (C=O) groups is 1. The Morgan fingerprint density at radius 3 is 2.43 bits per heavy atom. The molecule has 0 atom stereocenters. The molecule has 6 nitrogen and oxygen atoms in total. The van der Waals surface area contributed by atoms with E-state index in [1.54, 1.807) is 6.07 Å². The molecule has 0 bridgehead atoms. The molecule has 8 heteroatoms. The SMILES string of the molecule is CCCCc1[nH]c(=O)c(C(=O)N2CCN(Cc3cccc(F)c3F)CC2)c(O)c1-c1ccccc1. The number of benzene rings is 2. The highest BCUT2D eigenvalue weighted by Gasteiger charge is 2.29. The Labute approximate surface area is 202 Å². The number of aromatic nitrogens is 1. The fraction of sp³-hybridized carbons (Fsp3) is 0.333. The largest absolute Gasteiger partial charge is 0.506 e. The van der Waals surface area contributed by atoms with Gasteiger partial charge in [0.25, 0.3) is 11.5 Å². The minimum absolute atomic E-state index is 0.224. The van der Waals surface area contributed by atoms with Gasteiger partial charge in [0.1, 0.15) is 11.3 Å². The lowest BCUT2D eigenvalue weighted by Gasteiger charge is -2.35. The van der Waals surface area contributed by atoms with E-state index in [2.05, 4.69) is 4.98 Å². The highest BCUT2D eigenvalue weighted by atomic mass is 19.2. The topological polar surface area (TPSA) is 76.6 Å². The number of hydrogen-bond donors (Lipinski definition) is 2. The van der Waals surface area contributed by atoms with Crippen LogP contribution in [0, 0.1) is 11.6 Å². The van der Waals surface area contributed by atoms with Crippen LogP contribution in [0.5, 0.6) is 5.75 Å². The van der Waals surface area contributed by atoms with Crippen LogP contribution in [-0.2, 0) is 13.0 Å². The van der Waals surface area contributed by atoms with E-state index in [1.807, 2.05) is 42.2 Å². The Morgan fingerprint density at radius 1 is 1.03 bits per heavy atom. The Morgan fingerprint density at radius 2 is 1.74 bits per heavy atom. The summed E-state index contributed by atoms with van der Waals surface area (Å²) in [7, 11) is 0. The van der Waals surface area contributed by atoms with Crippen LogP contribution in [0.2, 0.25) is 0 Å². The number of unbranched alkanes of at least 4 members (excludes halogenated alkanes) is 1. The molecule has 35 heavy (non-hydrogen) atoms. The smallest absolute Gasteiger partial charge is 0.264 e. The van der Waals surface area contributed by atoms with Crippen LogP contribution in [0.3, 0.4) is 0 Å². The maximum Gasteiger partial charge on any atom is 0.264 e. The monoisotopic (exact) mass is 481 g/mol. The normalized spacial score (nSPS) is 14.3. The van der Waals surface area contributed by atoms with Gasteiger partial charge in [-0.15, -0.1) is 0 Å². The van der Waals surface area contributed by atoms with Crippen LogP contribution in [0.4, 0.5) is 8.78 Å². The highest BCUT2D eigenvalue weighted by Crippen LogP contribution is 2.34. The van der Waals surface area contributed by atoms with E-state index in [9.17, 15) is 23.5 Å². The van der Waals surface area contributed by atoms with Crippen molar-refractivity contribution in [2.75, 3.05) is 26.2 Å². The van der Waals surface area contributed by atoms with Gasteiger partial charge in [-0.3, -0.25) is 14.5 Å². The van der Waals surface area contributed by atoms with Gasteiger partial charge in [-0.05, 0) is 24.5 Å². The summed E-state index contributed by atoms with van der Waals surface area (Å²) in [5.74, 6) is -2.60. The third-order valence-corrected chi connectivity index (χ3v) is 6.41. The fourth-order valence-corrected chi connectivity index (χ4v) is 4.47. The van der Waals surface area contributed by atoms with Crippen molar-refractivity contribution in [1.29, 1.82) is 0 Å². The molecule has 1 aliphatic heterocycles. The number of rotatable bonds is 7. The summed E-state index contributed by atoms with van der Waals surface area (Å²) in [4.78, 5) is 32.5. The van der Waals surface area contributed by atoms with Gasteiger partial charge >= 0.3 is 0 Å². The molecule has 4 rings (SSSR count). The van der Waals surface area contributed by atoms with Crippen LogP contribution in [0.15, 0.2) is 53.3 Å². The second kappa shape index (κ2) is 10.8. The number of halogens is 2. The van der Waals surface area contributed by atoms with Gasteiger partial charge < -0.3 is 15.0 Å². The van der Waals surface area contributed by atoms with E-state index in [4.69, 9.17) is 0 Å². The second-order valence-electron chi connectivity index (χ2n) is 8.78. The summed E-state index contributed by atoms with van der Waals surface area (Å²) in [6, 6.07) is 13.3. The number of carbonyl (C=O) groups excluding carboxylic acids is 1. The third-order valence-electron chi connectivity index (χ3n) is 6.41. The lowest BCUT2D eigenvalue weighted by atomic mass is 9.97. The van der Waals surface area contributed by atoms with Crippen molar-refractivity contribution in [2.45, 2.75) is 32.7 Å². The summed E-state index contributed by atoms with van der Waals surface area (Å²) >= 11 is 0. The molecule has 0 unspecified atom stereocenters. The number of aryl methyl sites for hydroxylation is 1. The Hall–Kier alpha value is -3.52. The number of pyridine rings is 1. The van der Waals surface area contributed by atoms with Gasteiger partial charge in [-0.25, -0.2) is 8.78 Å². The molecule has 0 spiro atoms. The molecule has 1 aromatic heterocycles. The summed E-state index contributed by atoms with van der Waals surface area (Å²) in [6.45, 7) is 3.73. The molecule has 1 fully saturated rings. The molecule has 2 heterocycles. The zero-order valence-electron chi connectivity index (χ0n) is 19.7. The molecule has 0 aliphatic carbocycles. The average Bonchev–Trinajstić information content (AvgIpc) is 2.86. The van der Waals surface area contributed by atoms with Crippen LogP contribution in [0.1, 0.15) is 41.4 Å².